The zero-order chi connectivity index (χ0) is 24.8. The topological polar surface area (TPSA) is 63.1 Å². The van der Waals surface area contributed by atoms with Gasteiger partial charge in [0.1, 0.15) is 5.82 Å². The third kappa shape index (κ3) is 6.30. The molecule has 2 heterocycles. The fourth-order valence-electron chi connectivity index (χ4n) is 4.35. The third-order valence-electron chi connectivity index (χ3n) is 6.61. The zero-order valence-corrected chi connectivity index (χ0v) is 21.5. The average molecular weight is 496 g/mol. The molecule has 8 heteroatoms. The van der Waals surface area contributed by atoms with Gasteiger partial charge in [-0.25, -0.2) is 4.39 Å². The Labute approximate surface area is 211 Å². The van der Waals surface area contributed by atoms with E-state index in [2.05, 4.69) is 40.3 Å². The van der Waals surface area contributed by atoms with E-state index in [4.69, 9.17) is 0 Å². The Bertz CT molecular complexity index is 1130. The predicted molar refractivity (Wildman–Crippen MR) is 140 cm³/mol. The molecule has 1 amide bonds. The van der Waals surface area contributed by atoms with Crippen LogP contribution in [0.5, 0.6) is 0 Å². The van der Waals surface area contributed by atoms with Crippen LogP contribution in [0.25, 0.3) is 5.69 Å². The van der Waals surface area contributed by atoms with E-state index in [0.29, 0.717) is 17.6 Å². The van der Waals surface area contributed by atoms with E-state index >= 15 is 0 Å². The molecular weight excluding hydrogens is 461 g/mol. The molecule has 2 aromatic carbocycles. The summed E-state index contributed by atoms with van der Waals surface area (Å²) in [5.74, 6) is 0.780. The second-order valence-electron chi connectivity index (χ2n) is 9.19. The van der Waals surface area contributed by atoms with Gasteiger partial charge in [-0.3, -0.25) is 14.3 Å². The van der Waals surface area contributed by atoms with Crippen molar-refractivity contribution in [2.75, 3.05) is 18.4 Å². The lowest BCUT2D eigenvalue weighted by molar-refractivity contribution is -0.115. The highest BCUT2D eigenvalue weighted by Gasteiger charge is 2.23. The van der Waals surface area contributed by atoms with Gasteiger partial charge in [0.2, 0.25) is 5.91 Å². The van der Waals surface area contributed by atoms with Crippen molar-refractivity contribution in [3.63, 3.8) is 0 Å². The summed E-state index contributed by atoms with van der Waals surface area (Å²) in [4.78, 5) is 15.5. The van der Waals surface area contributed by atoms with Crippen molar-refractivity contribution < 1.29 is 9.18 Å². The van der Waals surface area contributed by atoms with Crippen LogP contribution in [0, 0.1) is 5.82 Å². The highest BCUT2D eigenvalue weighted by Crippen LogP contribution is 2.30. The quantitative estimate of drug-likeness (QED) is 0.368. The first-order chi connectivity index (χ1) is 17.0. The van der Waals surface area contributed by atoms with Crippen LogP contribution in [0.4, 0.5) is 10.1 Å². The van der Waals surface area contributed by atoms with E-state index in [0.717, 1.165) is 42.3 Å². The minimum Gasteiger partial charge on any atom is -0.325 e. The second kappa shape index (κ2) is 11.8. The Hall–Kier alpha value is -2.71. The van der Waals surface area contributed by atoms with Crippen LogP contribution in [0.1, 0.15) is 63.8 Å². The summed E-state index contributed by atoms with van der Waals surface area (Å²) in [5, 5.41) is 12.3. The second-order valence-corrected chi connectivity index (χ2v) is 10.5. The number of amides is 1. The normalized spacial score (nSPS) is 16.1. The molecule has 0 saturated carbocycles. The first kappa shape index (κ1) is 25.4. The summed E-state index contributed by atoms with van der Waals surface area (Å²) < 4.78 is 15.6. The number of halogens is 1. The van der Waals surface area contributed by atoms with Crippen LogP contribution in [0.2, 0.25) is 0 Å². The molecule has 186 valence electrons. The van der Waals surface area contributed by atoms with E-state index in [-0.39, 0.29) is 11.7 Å². The van der Waals surface area contributed by atoms with Crippen LogP contribution in [0.15, 0.2) is 53.7 Å². The molecule has 0 aliphatic carbocycles. The number of nitrogens with zero attached hydrogens (tertiary/aromatic N) is 4. The summed E-state index contributed by atoms with van der Waals surface area (Å²) in [6, 6.07) is 14.3. The molecule has 1 N–H and O–H groups in total. The molecule has 2 atom stereocenters. The highest BCUT2D eigenvalue weighted by atomic mass is 32.2. The van der Waals surface area contributed by atoms with Gasteiger partial charge in [-0.2, -0.15) is 0 Å². The van der Waals surface area contributed by atoms with Gasteiger partial charge in [0, 0.05) is 11.4 Å². The van der Waals surface area contributed by atoms with Gasteiger partial charge in [-0.15, -0.1) is 10.2 Å². The maximum absolute atomic E-state index is 13.6. The number of rotatable bonds is 9. The first-order valence-corrected chi connectivity index (χ1v) is 13.3. The molecule has 3 aromatic rings. The number of nitrogens with one attached hydrogen (secondary N) is 1. The number of carbonyl (C=O) groups excluding carboxylic acids is 1. The average Bonchev–Trinajstić information content (AvgIpc) is 3.26. The molecule has 0 radical (unpaired) electrons. The lowest BCUT2D eigenvalue weighted by Gasteiger charge is -2.26. The van der Waals surface area contributed by atoms with Crippen molar-refractivity contribution in [1.82, 2.24) is 19.7 Å². The van der Waals surface area contributed by atoms with Gasteiger partial charge in [-0.1, -0.05) is 50.2 Å². The summed E-state index contributed by atoms with van der Waals surface area (Å²) in [7, 11) is 0. The number of thioether (sulfide) groups is 1. The largest absolute Gasteiger partial charge is 0.325 e. The van der Waals surface area contributed by atoms with E-state index in [1.807, 2.05) is 29.7 Å². The number of benzene rings is 2. The molecule has 1 aliphatic heterocycles. The Balaban J connectivity index is 1.55. The lowest BCUT2D eigenvalue weighted by atomic mass is 9.97. The minimum absolute atomic E-state index is 0.0861. The number of aromatic nitrogens is 3. The fraction of sp³-hybridized carbons (Fsp3) is 0.444. The van der Waals surface area contributed by atoms with Crippen molar-refractivity contribution in [2.24, 2.45) is 0 Å². The van der Waals surface area contributed by atoms with Gasteiger partial charge >= 0.3 is 0 Å². The van der Waals surface area contributed by atoms with E-state index < -0.39 is 5.25 Å². The summed E-state index contributed by atoms with van der Waals surface area (Å²) >= 11 is 1.36. The molecule has 1 fully saturated rings. The van der Waals surface area contributed by atoms with Crippen molar-refractivity contribution in [3.05, 3.63) is 65.7 Å². The first-order valence-electron chi connectivity index (χ1n) is 12.4. The number of anilines is 1. The van der Waals surface area contributed by atoms with Crippen LogP contribution in [-0.2, 0) is 11.3 Å². The molecule has 0 spiro atoms. The van der Waals surface area contributed by atoms with Crippen molar-refractivity contribution in [1.29, 1.82) is 0 Å². The predicted octanol–water partition coefficient (Wildman–Crippen LogP) is 6.03. The Morgan fingerprint density at radius 2 is 1.77 bits per heavy atom. The molecule has 1 saturated heterocycles. The maximum Gasteiger partial charge on any atom is 0.237 e. The number of piperidine rings is 1. The molecule has 0 bridgehead atoms. The number of carbonyl (C=O) groups is 1. The molecule has 1 aliphatic rings. The van der Waals surface area contributed by atoms with Crippen molar-refractivity contribution in [2.45, 2.75) is 69.3 Å². The SMILES string of the molecule is CC[C@@H](C)c1ccccc1NC(=O)[C@H](C)Sc1nnc(CN2CCCCC2)n1-c1ccc(F)cc1. The van der Waals surface area contributed by atoms with Gasteiger partial charge in [-0.05, 0) is 81.1 Å². The van der Waals surface area contributed by atoms with Crippen molar-refractivity contribution in [3.8, 4) is 5.69 Å². The van der Waals surface area contributed by atoms with E-state index in [1.54, 1.807) is 12.1 Å². The van der Waals surface area contributed by atoms with Gasteiger partial charge in [0.25, 0.3) is 0 Å². The molecule has 1 aromatic heterocycles. The Morgan fingerprint density at radius 1 is 1.06 bits per heavy atom. The maximum atomic E-state index is 13.6. The molecule has 35 heavy (non-hydrogen) atoms. The number of likely N-dealkylation sites (tertiary alicyclic amines) is 1. The monoisotopic (exact) mass is 495 g/mol. The van der Waals surface area contributed by atoms with Gasteiger partial charge < -0.3 is 5.32 Å². The lowest BCUT2D eigenvalue weighted by Crippen LogP contribution is -2.30. The molecular formula is C27H34FN5OS. The van der Waals surface area contributed by atoms with Crippen LogP contribution >= 0.6 is 11.8 Å². The van der Waals surface area contributed by atoms with Crippen LogP contribution < -0.4 is 5.32 Å². The van der Waals surface area contributed by atoms with E-state index in [1.165, 1.54) is 43.2 Å². The molecule has 0 unspecified atom stereocenters. The van der Waals surface area contributed by atoms with Crippen molar-refractivity contribution >= 4 is 23.4 Å². The fourth-order valence-corrected chi connectivity index (χ4v) is 5.24. The zero-order valence-electron chi connectivity index (χ0n) is 20.7. The molecule has 4 rings (SSSR count). The third-order valence-corrected chi connectivity index (χ3v) is 7.65. The van der Waals surface area contributed by atoms with Crippen LogP contribution in [0.3, 0.4) is 0 Å². The minimum atomic E-state index is -0.397. The standard InChI is InChI=1S/C27H34FN5OS/c1-4-19(2)23-10-6-7-11-24(23)29-26(34)20(3)35-27-31-30-25(18-32-16-8-5-9-17-32)33(27)22-14-12-21(28)13-15-22/h6-7,10-15,19-20H,4-5,8-9,16-18H2,1-3H3,(H,29,34)/t19-,20+/m1/s1. The number of hydrogen-bond acceptors (Lipinski definition) is 5. The highest BCUT2D eigenvalue weighted by molar-refractivity contribution is 8.00. The van der Waals surface area contributed by atoms with Gasteiger partial charge in [0.15, 0.2) is 11.0 Å². The Kier molecular flexibility index (Phi) is 8.57. The van der Waals surface area contributed by atoms with Crippen LogP contribution in [-0.4, -0.2) is 43.9 Å². The summed E-state index contributed by atoms with van der Waals surface area (Å²) in [6.07, 6.45) is 4.62. The Morgan fingerprint density at radius 3 is 2.49 bits per heavy atom. The summed E-state index contributed by atoms with van der Waals surface area (Å²) in [6.45, 7) is 8.93. The van der Waals surface area contributed by atoms with Gasteiger partial charge in [0.05, 0.1) is 11.8 Å². The number of para-hydroxylation sites is 1. The van der Waals surface area contributed by atoms with E-state index in [9.17, 15) is 9.18 Å². The summed E-state index contributed by atoms with van der Waals surface area (Å²) in [5.41, 5.74) is 2.78. The smallest absolute Gasteiger partial charge is 0.237 e. The molecule has 6 nitrogen and oxygen atoms in total. The number of hydrogen-bond donors (Lipinski definition) is 1.